The molecule has 1 aromatic rings. The third-order valence-corrected chi connectivity index (χ3v) is 4.01. The van der Waals surface area contributed by atoms with Crippen LogP contribution >= 0.6 is 15.9 Å². The van der Waals surface area contributed by atoms with E-state index in [2.05, 4.69) is 15.9 Å². The third kappa shape index (κ3) is 3.70. The lowest BCUT2D eigenvalue weighted by molar-refractivity contribution is -0.116. The normalized spacial score (nSPS) is 13.4. The van der Waals surface area contributed by atoms with Crippen LogP contribution in [0.15, 0.2) is 29.2 Å². The SMILES string of the molecule is CC(=O)C(Br)Cc1ccc(S(N)(=O)=O)cc1. The van der Waals surface area contributed by atoms with Gasteiger partial charge in [0.1, 0.15) is 5.78 Å². The van der Waals surface area contributed by atoms with E-state index in [-0.39, 0.29) is 15.5 Å². The van der Waals surface area contributed by atoms with E-state index < -0.39 is 10.0 Å². The van der Waals surface area contributed by atoms with E-state index in [0.717, 1.165) is 5.56 Å². The molecule has 1 rings (SSSR count). The van der Waals surface area contributed by atoms with Crippen LogP contribution < -0.4 is 5.14 Å². The maximum Gasteiger partial charge on any atom is 0.238 e. The first-order valence-corrected chi connectivity index (χ1v) is 7.03. The number of benzene rings is 1. The smallest absolute Gasteiger partial charge is 0.238 e. The summed E-state index contributed by atoms with van der Waals surface area (Å²) in [5.74, 6) is 0.0375. The molecule has 0 saturated carbocycles. The summed E-state index contributed by atoms with van der Waals surface area (Å²) in [5, 5.41) is 4.97. The fourth-order valence-electron chi connectivity index (χ4n) is 1.17. The molecular weight excluding hydrogens is 294 g/mol. The van der Waals surface area contributed by atoms with Gasteiger partial charge in [0.15, 0.2) is 0 Å². The molecule has 0 aromatic heterocycles. The van der Waals surface area contributed by atoms with Crippen LogP contribution in [0.2, 0.25) is 0 Å². The van der Waals surface area contributed by atoms with Crippen molar-refractivity contribution in [3.8, 4) is 0 Å². The molecule has 0 amide bonds. The second-order valence-electron chi connectivity index (χ2n) is 3.47. The molecule has 0 aliphatic rings. The molecule has 4 nitrogen and oxygen atoms in total. The Morgan fingerprint density at radius 2 is 1.88 bits per heavy atom. The number of carbonyl (C=O) groups is 1. The zero-order valence-electron chi connectivity index (χ0n) is 8.68. The molecule has 0 heterocycles. The molecule has 0 aliphatic heterocycles. The van der Waals surface area contributed by atoms with Crippen molar-refractivity contribution < 1.29 is 13.2 Å². The van der Waals surface area contributed by atoms with Crippen molar-refractivity contribution in [3.05, 3.63) is 29.8 Å². The highest BCUT2D eigenvalue weighted by molar-refractivity contribution is 9.10. The Bertz CT molecular complexity index is 481. The number of halogens is 1. The van der Waals surface area contributed by atoms with Crippen LogP contribution in [-0.4, -0.2) is 19.0 Å². The lowest BCUT2D eigenvalue weighted by atomic mass is 10.1. The monoisotopic (exact) mass is 305 g/mol. The summed E-state index contributed by atoms with van der Waals surface area (Å²) in [7, 11) is -3.64. The Kier molecular flexibility index (Phi) is 4.23. The standard InChI is InChI=1S/C10H12BrNO3S/c1-7(13)10(11)6-8-2-4-9(5-3-8)16(12,14)15/h2-5,10H,6H2,1H3,(H2,12,14,15). The van der Waals surface area contributed by atoms with Gasteiger partial charge in [-0.2, -0.15) is 0 Å². The summed E-state index contributed by atoms with van der Waals surface area (Å²) in [6.07, 6.45) is 0.528. The van der Waals surface area contributed by atoms with Gasteiger partial charge in [0, 0.05) is 0 Å². The maximum absolute atomic E-state index is 11.0. The Morgan fingerprint density at radius 1 is 1.38 bits per heavy atom. The van der Waals surface area contributed by atoms with Gasteiger partial charge in [-0.1, -0.05) is 28.1 Å². The number of sulfonamides is 1. The summed E-state index contributed by atoms with van der Waals surface area (Å²) in [6, 6.07) is 6.17. The Morgan fingerprint density at radius 3 is 2.25 bits per heavy atom. The highest BCUT2D eigenvalue weighted by Crippen LogP contribution is 2.14. The molecule has 1 aromatic carbocycles. The van der Waals surface area contributed by atoms with E-state index >= 15 is 0 Å². The fourth-order valence-corrected chi connectivity index (χ4v) is 2.06. The molecule has 1 unspecified atom stereocenters. The van der Waals surface area contributed by atoms with Gasteiger partial charge in [-0.3, -0.25) is 4.79 Å². The van der Waals surface area contributed by atoms with Gasteiger partial charge in [-0.05, 0) is 31.0 Å². The van der Waals surface area contributed by atoms with Gasteiger partial charge < -0.3 is 0 Å². The van der Waals surface area contributed by atoms with Gasteiger partial charge in [0.05, 0.1) is 9.72 Å². The minimum atomic E-state index is -3.64. The number of carbonyl (C=O) groups excluding carboxylic acids is 1. The second kappa shape index (κ2) is 5.07. The van der Waals surface area contributed by atoms with Crippen LogP contribution in [0.1, 0.15) is 12.5 Å². The molecule has 0 aliphatic carbocycles. The minimum absolute atomic E-state index is 0.0375. The van der Waals surface area contributed by atoms with E-state index in [1.807, 2.05) is 0 Å². The predicted octanol–water partition coefficient (Wildman–Crippen LogP) is 1.23. The second-order valence-corrected chi connectivity index (χ2v) is 6.14. The number of rotatable bonds is 4. The van der Waals surface area contributed by atoms with Crippen molar-refractivity contribution in [1.82, 2.24) is 0 Å². The maximum atomic E-state index is 11.0. The van der Waals surface area contributed by atoms with Gasteiger partial charge in [0.2, 0.25) is 10.0 Å². The lowest BCUT2D eigenvalue weighted by Crippen LogP contribution is -2.14. The number of hydrogen-bond donors (Lipinski definition) is 1. The molecule has 0 saturated heterocycles. The molecule has 6 heteroatoms. The van der Waals surface area contributed by atoms with Gasteiger partial charge in [-0.25, -0.2) is 13.6 Å². The Balaban J connectivity index is 2.84. The molecule has 16 heavy (non-hydrogen) atoms. The van der Waals surface area contributed by atoms with Crippen molar-refractivity contribution in [3.63, 3.8) is 0 Å². The Labute approximate surface area is 103 Å². The number of alkyl halides is 1. The van der Waals surface area contributed by atoms with E-state index in [0.29, 0.717) is 6.42 Å². The van der Waals surface area contributed by atoms with Crippen LogP contribution in [0.25, 0.3) is 0 Å². The number of Topliss-reactive ketones (excluding diaryl/α,β-unsaturated/α-hetero) is 1. The molecule has 88 valence electrons. The number of ketones is 1. The first kappa shape index (κ1) is 13.3. The number of primary sulfonamides is 1. The summed E-state index contributed by atoms with van der Waals surface area (Å²) in [6.45, 7) is 1.50. The average Bonchev–Trinajstić information content (AvgIpc) is 2.17. The van der Waals surface area contributed by atoms with Crippen LogP contribution in [0.3, 0.4) is 0 Å². The molecule has 0 radical (unpaired) electrons. The largest absolute Gasteiger partial charge is 0.299 e. The molecule has 1 atom stereocenters. The lowest BCUT2D eigenvalue weighted by Gasteiger charge is -2.06. The van der Waals surface area contributed by atoms with Crippen LogP contribution in [0.5, 0.6) is 0 Å². The van der Waals surface area contributed by atoms with E-state index in [1.54, 1.807) is 12.1 Å². The molecular formula is C10H12BrNO3S. The van der Waals surface area contributed by atoms with Gasteiger partial charge >= 0.3 is 0 Å². The van der Waals surface area contributed by atoms with Crippen molar-refractivity contribution in [2.24, 2.45) is 5.14 Å². The first-order chi connectivity index (χ1) is 7.30. The van der Waals surface area contributed by atoms with Crippen molar-refractivity contribution >= 4 is 31.7 Å². The van der Waals surface area contributed by atoms with Crippen molar-refractivity contribution in [1.29, 1.82) is 0 Å². The summed E-state index contributed by atoms with van der Waals surface area (Å²) >= 11 is 3.24. The fraction of sp³-hybridized carbons (Fsp3) is 0.300. The zero-order chi connectivity index (χ0) is 12.3. The van der Waals surface area contributed by atoms with Crippen LogP contribution in [0, 0.1) is 0 Å². The molecule has 0 bridgehead atoms. The highest BCUT2D eigenvalue weighted by Gasteiger charge is 2.11. The topological polar surface area (TPSA) is 77.2 Å². The van der Waals surface area contributed by atoms with Crippen LogP contribution in [0.4, 0.5) is 0 Å². The molecule has 0 fully saturated rings. The molecule has 2 N–H and O–H groups in total. The average molecular weight is 306 g/mol. The van der Waals surface area contributed by atoms with E-state index in [1.165, 1.54) is 19.1 Å². The zero-order valence-corrected chi connectivity index (χ0v) is 11.1. The van der Waals surface area contributed by atoms with Crippen molar-refractivity contribution in [2.45, 2.75) is 23.1 Å². The summed E-state index contributed by atoms with van der Waals surface area (Å²) in [5.41, 5.74) is 0.879. The Hall–Kier alpha value is -0.720. The van der Waals surface area contributed by atoms with Crippen molar-refractivity contribution in [2.75, 3.05) is 0 Å². The minimum Gasteiger partial charge on any atom is -0.299 e. The summed E-state index contributed by atoms with van der Waals surface area (Å²) in [4.78, 5) is 10.8. The van der Waals surface area contributed by atoms with Crippen LogP contribution in [-0.2, 0) is 21.2 Å². The first-order valence-electron chi connectivity index (χ1n) is 4.57. The third-order valence-electron chi connectivity index (χ3n) is 2.11. The van der Waals surface area contributed by atoms with Gasteiger partial charge in [0.25, 0.3) is 0 Å². The number of hydrogen-bond acceptors (Lipinski definition) is 3. The molecule has 0 spiro atoms. The predicted molar refractivity (Wildman–Crippen MR) is 64.9 cm³/mol. The highest BCUT2D eigenvalue weighted by atomic mass is 79.9. The summed E-state index contributed by atoms with van der Waals surface area (Å²) < 4.78 is 22.0. The number of nitrogens with two attached hydrogens (primary N) is 1. The van der Waals surface area contributed by atoms with E-state index in [4.69, 9.17) is 5.14 Å². The quantitative estimate of drug-likeness (QED) is 0.850. The van der Waals surface area contributed by atoms with Gasteiger partial charge in [-0.15, -0.1) is 0 Å². The van der Waals surface area contributed by atoms with E-state index in [9.17, 15) is 13.2 Å².